The van der Waals surface area contributed by atoms with Gasteiger partial charge in [0.2, 0.25) is 10.0 Å². The number of halogens is 5. The van der Waals surface area contributed by atoms with Gasteiger partial charge in [0.1, 0.15) is 0 Å². The minimum absolute atomic E-state index is 0.0635. The van der Waals surface area contributed by atoms with Gasteiger partial charge in [-0.25, -0.2) is 17.9 Å². The average Bonchev–Trinajstić information content (AvgIpc) is 2.69. The van der Waals surface area contributed by atoms with Crippen molar-refractivity contribution in [2.24, 2.45) is 0 Å². The third-order valence-electron chi connectivity index (χ3n) is 4.90. The molecule has 0 bridgehead atoms. The number of carboxylic acid groups (broad SMARTS) is 1. The Morgan fingerprint density at radius 2 is 1.74 bits per heavy atom. The number of hydrogen-bond donors (Lipinski definition) is 2. The zero-order valence-corrected chi connectivity index (χ0v) is 18.1. The van der Waals surface area contributed by atoms with Crippen molar-refractivity contribution in [3.05, 3.63) is 52.0 Å². The summed E-state index contributed by atoms with van der Waals surface area (Å²) in [5, 5.41) is 9.39. The van der Waals surface area contributed by atoms with E-state index in [9.17, 15) is 26.4 Å². The molecule has 168 valence electrons. The van der Waals surface area contributed by atoms with E-state index in [-0.39, 0.29) is 47.1 Å². The van der Waals surface area contributed by atoms with Crippen molar-refractivity contribution < 1.29 is 31.5 Å². The first-order valence-corrected chi connectivity index (χ1v) is 11.3. The predicted molar refractivity (Wildman–Crippen MR) is 110 cm³/mol. The molecule has 2 aromatic rings. The largest absolute Gasteiger partial charge is 0.465 e. The molecule has 0 saturated carbocycles. The summed E-state index contributed by atoms with van der Waals surface area (Å²) in [7, 11) is -4.52. The van der Waals surface area contributed by atoms with Gasteiger partial charge in [0.15, 0.2) is 0 Å². The second-order valence-corrected chi connectivity index (χ2v) is 9.52. The normalized spacial score (nSPS) is 15.8. The van der Waals surface area contributed by atoms with Crippen LogP contribution in [0.4, 0.5) is 18.0 Å². The molecule has 12 heteroatoms. The third-order valence-corrected chi connectivity index (χ3v) is 7.04. The van der Waals surface area contributed by atoms with Crippen molar-refractivity contribution in [3.63, 3.8) is 0 Å². The predicted octanol–water partition coefficient (Wildman–Crippen LogP) is 5.10. The number of amides is 1. The molecule has 1 heterocycles. The molecule has 3 rings (SSSR count). The molecule has 1 aliphatic rings. The quantitative estimate of drug-likeness (QED) is 0.616. The van der Waals surface area contributed by atoms with Gasteiger partial charge in [-0.1, -0.05) is 29.3 Å². The van der Waals surface area contributed by atoms with E-state index in [0.29, 0.717) is 0 Å². The topological polar surface area (TPSA) is 86.7 Å². The van der Waals surface area contributed by atoms with Crippen LogP contribution in [0.15, 0.2) is 41.3 Å². The number of alkyl halides is 3. The lowest BCUT2D eigenvalue weighted by Crippen LogP contribution is -2.46. The van der Waals surface area contributed by atoms with Gasteiger partial charge in [0.05, 0.1) is 10.5 Å². The van der Waals surface area contributed by atoms with Gasteiger partial charge in [-0.3, -0.25) is 0 Å². The summed E-state index contributed by atoms with van der Waals surface area (Å²) in [6, 6.07) is 6.46. The van der Waals surface area contributed by atoms with Crippen LogP contribution >= 0.6 is 23.2 Å². The first-order chi connectivity index (χ1) is 14.4. The molecule has 1 amide bonds. The van der Waals surface area contributed by atoms with Gasteiger partial charge in [-0.05, 0) is 48.7 Å². The summed E-state index contributed by atoms with van der Waals surface area (Å²) in [5.41, 5.74) is -1.04. The van der Waals surface area contributed by atoms with Gasteiger partial charge in [0.25, 0.3) is 0 Å². The van der Waals surface area contributed by atoms with E-state index in [2.05, 4.69) is 4.72 Å². The number of nitrogens with one attached hydrogen (secondary N) is 1. The van der Waals surface area contributed by atoms with E-state index >= 15 is 0 Å². The fourth-order valence-corrected chi connectivity index (χ4v) is 5.26. The van der Waals surface area contributed by atoms with E-state index in [1.807, 2.05) is 0 Å². The van der Waals surface area contributed by atoms with Crippen LogP contribution in [0.5, 0.6) is 0 Å². The van der Waals surface area contributed by atoms with E-state index < -0.39 is 38.8 Å². The Morgan fingerprint density at radius 1 is 1.10 bits per heavy atom. The Morgan fingerprint density at radius 3 is 2.32 bits per heavy atom. The molecule has 0 aromatic heterocycles. The van der Waals surface area contributed by atoms with Crippen molar-refractivity contribution in [3.8, 4) is 11.1 Å². The van der Waals surface area contributed by atoms with Crippen LogP contribution in [0.2, 0.25) is 10.0 Å². The third kappa shape index (κ3) is 5.43. The zero-order valence-electron chi connectivity index (χ0n) is 15.8. The summed E-state index contributed by atoms with van der Waals surface area (Å²) in [6.07, 6.45) is -5.76. The Bertz CT molecular complexity index is 1100. The van der Waals surface area contributed by atoms with Crippen molar-refractivity contribution in [1.29, 1.82) is 0 Å². The highest BCUT2D eigenvalue weighted by molar-refractivity contribution is 7.89. The summed E-state index contributed by atoms with van der Waals surface area (Å²) in [6.45, 7) is 0.168. The first-order valence-electron chi connectivity index (χ1n) is 9.05. The minimum Gasteiger partial charge on any atom is -0.465 e. The highest BCUT2D eigenvalue weighted by atomic mass is 35.5. The van der Waals surface area contributed by atoms with Gasteiger partial charge >= 0.3 is 12.3 Å². The molecule has 2 aromatic carbocycles. The molecule has 0 atom stereocenters. The fraction of sp³-hybridized carbons (Fsp3) is 0.316. The average molecular weight is 497 g/mol. The SMILES string of the molecule is O=C(O)N1CCC(NS(=O)(=O)c2ccc(-c3cc(Cl)ccc3Cl)cc2C(F)(F)F)CC1. The monoisotopic (exact) mass is 496 g/mol. The lowest BCUT2D eigenvalue weighted by molar-refractivity contribution is -0.139. The molecule has 0 radical (unpaired) electrons. The molecule has 1 fully saturated rings. The van der Waals surface area contributed by atoms with Crippen LogP contribution in [0.25, 0.3) is 11.1 Å². The van der Waals surface area contributed by atoms with Crippen molar-refractivity contribution in [2.45, 2.75) is 30.0 Å². The van der Waals surface area contributed by atoms with Crippen LogP contribution in [-0.4, -0.2) is 43.6 Å². The number of sulfonamides is 1. The zero-order chi connectivity index (χ0) is 23.0. The van der Waals surface area contributed by atoms with Gasteiger partial charge in [0, 0.05) is 34.7 Å². The van der Waals surface area contributed by atoms with Crippen LogP contribution in [0, 0.1) is 0 Å². The summed E-state index contributed by atoms with van der Waals surface area (Å²) in [5.74, 6) is 0. The van der Waals surface area contributed by atoms with Crippen LogP contribution in [0.1, 0.15) is 18.4 Å². The number of rotatable bonds is 4. The summed E-state index contributed by atoms with van der Waals surface area (Å²) in [4.78, 5) is 11.2. The number of benzene rings is 2. The number of carbonyl (C=O) groups is 1. The van der Waals surface area contributed by atoms with E-state index in [0.717, 1.165) is 17.0 Å². The molecular formula is C19H17Cl2F3N2O4S. The molecule has 6 nitrogen and oxygen atoms in total. The standard InChI is InChI=1S/C19H17Cl2F3N2O4S/c20-12-2-3-16(21)14(10-12)11-1-4-17(15(9-11)19(22,23)24)31(29,30)25-13-5-7-26(8-6-13)18(27)28/h1-4,9-10,13,25H,5-8H2,(H,27,28). The number of hydrogen-bond acceptors (Lipinski definition) is 3. The lowest BCUT2D eigenvalue weighted by atomic mass is 10.0. The second kappa shape index (κ2) is 8.85. The molecule has 1 aliphatic heterocycles. The Balaban J connectivity index is 1.95. The first kappa shape index (κ1) is 23.6. The lowest BCUT2D eigenvalue weighted by Gasteiger charge is -2.30. The number of piperidine rings is 1. The van der Waals surface area contributed by atoms with Crippen molar-refractivity contribution in [2.75, 3.05) is 13.1 Å². The summed E-state index contributed by atoms with van der Waals surface area (Å²) >= 11 is 12.0. The minimum atomic E-state index is -4.95. The highest BCUT2D eigenvalue weighted by Crippen LogP contribution is 2.39. The van der Waals surface area contributed by atoms with Crippen molar-refractivity contribution >= 4 is 39.3 Å². The van der Waals surface area contributed by atoms with Crippen molar-refractivity contribution in [1.82, 2.24) is 9.62 Å². The van der Waals surface area contributed by atoms with Crippen LogP contribution in [0.3, 0.4) is 0 Å². The molecular weight excluding hydrogens is 480 g/mol. The Hall–Kier alpha value is -2.01. The molecule has 1 saturated heterocycles. The molecule has 31 heavy (non-hydrogen) atoms. The smallest absolute Gasteiger partial charge is 0.417 e. The number of nitrogens with zero attached hydrogens (tertiary/aromatic N) is 1. The van der Waals surface area contributed by atoms with E-state index in [1.54, 1.807) is 0 Å². The molecule has 0 spiro atoms. The fourth-order valence-electron chi connectivity index (χ4n) is 3.34. The van der Waals surface area contributed by atoms with E-state index in [1.165, 1.54) is 24.3 Å². The van der Waals surface area contributed by atoms with Gasteiger partial charge < -0.3 is 10.0 Å². The Kier molecular flexibility index (Phi) is 6.75. The van der Waals surface area contributed by atoms with Crippen LogP contribution < -0.4 is 4.72 Å². The maximum atomic E-state index is 13.7. The van der Waals surface area contributed by atoms with Crippen LogP contribution in [-0.2, 0) is 16.2 Å². The van der Waals surface area contributed by atoms with Gasteiger partial charge in [-0.2, -0.15) is 13.2 Å². The maximum Gasteiger partial charge on any atom is 0.417 e. The highest BCUT2D eigenvalue weighted by Gasteiger charge is 2.38. The molecule has 2 N–H and O–H groups in total. The molecule has 0 unspecified atom stereocenters. The Labute approximate surface area is 186 Å². The van der Waals surface area contributed by atoms with Gasteiger partial charge in [-0.15, -0.1) is 0 Å². The van der Waals surface area contributed by atoms with E-state index in [4.69, 9.17) is 28.3 Å². The maximum absolute atomic E-state index is 13.7. The molecule has 0 aliphatic carbocycles. The second-order valence-electron chi connectivity index (χ2n) is 7.00. The summed E-state index contributed by atoms with van der Waals surface area (Å²) < 4.78 is 69.0. The number of likely N-dealkylation sites (tertiary alicyclic amines) is 1.